The molecule has 0 bridgehead atoms. The van der Waals surface area contributed by atoms with Crippen LogP contribution in [-0.2, 0) is 9.59 Å². The fourth-order valence-corrected chi connectivity index (χ4v) is 3.46. The van der Waals surface area contributed by atoms with Crippen LogP contribution < -0.4 is 5.32 Å². The normalized spacial score (nSPS) is 25.6. The van der Waals surface area contributed by atoms with E-state index in [1.54, 1.807) is 0 Å². The lowest BCUT2D eigenvalue weighted by atomic mass is 9.89. The fraction of sp³-hybridized carbons (Fsp3) is 0.875. The molecule has 2 rings (SSSR count). The van der Waals surface area contributed by atoms with E-state index in [2.05, 4.69) is 26.1 Å². The zero-order chi connectivity index (χ0) is 14.8. The van der Waals surface area contributed by atoms with Gasteiger partial charge < -0.3 is 10.2 Å². The summed E-state index contributed by atoms with van der Waals surface area (Å²) in [5, 5.41) is 3.06. The minimum Gasteiger partial charge on any atom is -0.340 e. The minimum atomic E-state index is -0.571. The van der Waals surface area contributed by atoms with E-state index < -0.39 is 5.54 Å². The van der Waals surface area contributed by atoms with E-state index in [4.69, 9.17) is 0 Å². The Kier molecular flexibility index (Phi) is 4.71. The van der Waals surface area contributed by atoms with Gasteiger partial charge in [0.1, 0.15) is 11.6 Å². The molecular formula is C16H28N2O2. The van der Waals surface area contributed by atoms with Gasteiger partial charge in [0.05, 0.1) is 0 Å². The van der Waals surface area contributed by atoms with Crippen molar-refractivity contribution in [2.24, 2.45) is 5.92 Å². The number of hydrogen-bond acceptors (Lipinski definition) is 2. The molecule has 1 N–H and O–H groups in total. The van der Waals surface area contributed by atoms with Crippen molar-refractivity contribution in [1.29, 1.82) is 0 Å². The zero-order valence-corrected chi connectivity index (χ0v) is 13.1. The van der Waals surface area contributed by atoms with E-state index in [-0.39, 0.29) is 17.9 Å². The molecule has 0 radical (unpaired) electrons. The second-order valence-corrected chi connectivity index (χ2v) is 6.76. The predicted molar refractivity (Wildman–Crippen MR) is 79.2 cm³/mol. The summed E-state index contributed by atoms with van der Waals surface area (Å²) in [5.41, 5.74) is -0.571. The molecule has 2 aliphatic rings. The molecule has 1 spiro atoms. The van der Waals surface area contributed by atoms with Gasteiger partial charge in [-0.2, -0.15) is 0 Å². The Hall–Kier alpha value is -1.06. The van der Waals surface area contributed by atoms with Gasteiger partial charge in [-0.25, -0.2) is 0 Å². The molecule has 1 saturated heterocycles. The number of piperazine rings is 1. The summed E-state index contributed by atoms with van der Waals surface area (Å²) in [6.45, 7) is 7.11. The van der Waals surface area contributed by atoms with Crippen molar-refractivity contribution in [1.82, 2.24) is 10.2 Å². The topological polar surface area (TPSA) is 49.4 Å². The Balaban J connectivity index is 2.19. The van der Waals surface area contributed by atoms with E-state index in [1.807, 2.05) is 4.90 Å². The number of hydrogen-bond donors (Lipinski definition) is 1. The molecule has 1 saturated carbocycles. The molecule has 1 atom stereocenters. The van der Waals surface area contributed by atoms with E-state index >= 15 is 0 Å². The zero-order valence-electron chi connectivity index (χ0n) is 13.1. The maximum absolute atomic E-state index is 12.9. The highest BCUT2D eigenvalue weighted by Crippen LogP contribution is 2.35. The number of nitrogens with zero attached hydrogens (tertiary/aromatic N) is 1. The van der Waals surface area contributed by atoms with Crippen LogP contribution in [0.5, 0.6) is 0 Å². The molecule has 1 aliphatic carbocycles. The van der Waals surface area contributed by atoms with Gasteiger partial charge >= 0.3 is 0 Å². The molecular weight excluding hydrogens is 252 g/mol. The molecule has 2 fully saturated rings. The third kappa shape index (κ3) is 2.84. The molecule has 4 heteroatoms. The first-order chi connectivity index (χ1) is 9.50. The van der Waals surface area contributed by atoms with Crippen LogP contribution in [0.2, 0.25) is 0 Å². The number of rotatable bonds is 5. The lowest BCUT2D eigenvalue weighted by Gasteiger charge is -2.44. The first kappa shape index (κ1) is 15.3. The average molecular weight is 280 g/mol. The van der Waals surface area contributed by atoms with Crippen LogP contribution in [0, 0.1) is 5.92 Å². The highest BCUT2D eigenvalue weighted by Gasteiger charge is 2.51. The van der Waals surface area contributed by atoms with Gasteiger partial charge in [-0.05, 0) is 31.6 Å². The quantitative estimate of drug-likeness (QED) is 0.841. The van der Waals surface area contributed by atoms with Gasteiger partial charge in [-0.1, -0.05) is 40.0 Å². The number of carbonyl (C=O) groups is 2. The summed E-state index contributed by atoms with van der Waals surface area (Å²) < 4.78 is 0. The summed E-state index contributed by atoms with van der Waals surface area (Å²) in [5.74, 6) is 0.792. The third-order valence-electron chi connectivity index (χ3n) is 4.68. The molecule has 0 aromatic carbocycles. The van der Waals surface area contributed by atoms with Crippen LogP contribution in [0.3, 0.4) is 0 Å². The van der Waals surface area contributed by atoms with Gasteiger partial charge in [0.2, 0.25) is 11.8 Å². The molecule has 2 amide bonds. The molecule has 1 aliphatic heterocycles. The SMILES string of the molecule is CCCC1C(=O)NC2(CCCC2)C(=O)N1CCC(C)C. The second-order valence-electron chi connectivity index (χ2n) is 6.76. The third-order valence-corrected chi connectivity index (χ3v) is 4.68. The lowest BCUT2D eigenvalue weighted by molar-refractivity contribution is -0.155. The van der Waals surface area contributed by atoms with Gasteiger partial charge in [-0.15, -0.1) is 0 Å². The highest BCUT2D eigenvalue weighted by molar-refractivity contribution is 6.00. The van der Waals surface area contributed by atoms with E-state index in [9.17, 15) is 9.59 Å². The Labute approximate surface area is 122 Å². The van der Waals surface area contributed by atoms with E-state index in [0.717, 1.165) is 51.5 Å². The van der Waals surface area contributed by atoms with E-state index in [0.29, 0.717) is 5.92 Å². The molecule has 0 aromatic heterocycles. The molecule has 1 unspecified atom stereocenters. The Morgan fingerprint density at radius 2 is 1.95 bits per heavy atom. The van der Waals surface area contributed by atoms with Gasteiger partial charge in [-0.3, -0.25) is 9.59 Å². The summed E-state index contributed by atoms with van der Waals surface area (Å²) in [6.07, 6.45) is 6.38. The monoisotopic (exact) mass is 280 g/mol. The summed E-state index contributed by atoms with van der Waals surface area (Å²) in [4.78, 5) is 27.2. The van der Waals surface area contributed by atoms with Crippen LogP contribution >= 0.6 is 0 Å². The van der Waals surface area contributed by atoms with Crippen molar-refractivity contribution in [2.45, 2.75) is 77.3 Å². The largest absolute Gasteiger partial charge is 0.340 e. The smallest absolute Gasteiger partial charge is 0.249 e. The van der Waals surface area contributed by atoms with Gasteiger partial charge in [0, 0.05) is 6.54 Å². The standard InChI is InChI=1S/C16H28N2O2/c1-4-7-13-14(19)17-16(9-5-6-10-16)15(20)18(13)11-8-12(2)3/h12-13H,4-11H2,1-3H3,(H,17,19). The van der Waals surface area contributed by atoms with Crippen molar-refractivity contribution in [2.75, 3.05) is 6.54 Å². The van der Waals surface area contributed by atoms with Crippen LogP contribution in [0.4, 0.5) is 0 Å². The Bertz CT molecular complexity index is 373. The number of nitrogens with one attached hydrogen (secondary N) is 1. The number of amides is 2. The Morgan fingerprint density at radius 1 is 1.30 bits per heavy atom. The molecule has 114 valence electrons. The van der Waals surface area contributed by atoms with Crippen LogP contribution in [-0.4, -0.2) is 34.8 Å². The maximum Gasteiger partial charge on any atom is 0.249 e. The molecule has 4 nitrogen and oxygen atoms in total. The van der Waals surface area contributed by atoms with Gasteiger partial charge in [0.25, 0.3) is 0 Å². The summed E-state index contributed by atoms with van der Waals surface area (Å²) >= 11 is 0. The first-order valence-electron chi connectivity index (χ1n) is 8.13. The first-order valence-corrected chi connectivity index (χ1v) is 8.13. The van der Waals surface area contributed by atoms with Gasteiger partial charge in [0.15, 0.2) is 0 Å². The number of carbonyl (C=O) groups excluding carboxylic acids is 2. The van der Waals surface area contributed by atoms with Crippen molar-refractivity contribution >= 4 is 11.8 Å². The Morgan fingerprint density at radius 3 is 2.50 bits per heavy atom. The van der Waals surface area contributed by atoms with Crippen LogP contribution in [0.1, 0.15) is 65.7 Å². The maximum atomic E-state index is 12.9. The fourth-order valence-electron chi connectivity index (χ4n) is 3.46. The second kappa shape index (κ2) is 6.15. The highest BCUT2D eigenvalue weighted by atomic mass is 16.2. The summed E-state index contributed by atoms with van der Waals surface area (Å²) in [7, 11) is 0. The molecule has 1 heterocycles. The van der Waals surface area contributed by atoms with Crippen molar-refractivity contribution < 1.29 is 9.59 Å². The molecule has 0 aromatic rings. The predicted octanol–water partition coefficient (Wildman–Crippen LogP) is 2.47. The van der Waals surface area contributed by atoms with E-state index in [1.165, 1.54) is 0 Å². The minimum absolute atomic E-state index is 0.0668. The summed E-state index contributed by atoms with van der Waals surface area (Å²) in [6, 6.07) is -0.252. The van der Waals surface area contributed by atoms with Crippen LogP contribution in [0.25, 0.3) is 0 Å². The van der Waals surface area contributed by atoms with Crippen molar-refractivity contribution in [3.8, 4) is 0 Å². The average Bonchev–Trinajstić information content (AvgIpc) is 2.85. The van der Waals surface area contributed by atoms with Crippen molar-refractivity contribution in [3.63, 3.8) is 0 Å². The van der Waals surface area contributed by atoms with Crippen molar-refractivity contribution in [3.05, 3.63) is 0 Å². The van der Waals surface area contributed by atoms with Crippen LogP contribution in [0.15, 0.2) is 0 Å². The molecule has 20 heavy (non-hydrogen) atoms. The lowest BCUT2D eigenvalue weighted by Crippen LogP contribution is -2.69.